The van der Waals surface area contributed by atoms with E-state index in [1.807, 2.05) is 36.2 Å². The Morgan fingerprint density at radius 1 is 1.29 bits per heavy atom. The van der Waals surface area contributed by atoms with Crippen LogP contribution < -0.4 is 0 Å². The summed E-state index contributed by atoms with van der Waals surface area (Å²) in [5.74, 6) is 0.268. The lowest BCUT2D eigenvalue weighted by molar-refractivity contribution is -0.132. The highest BCUT2D eigenvalue weighted by atomic mass is 35.5. The van der Waals surface area contributed by atoms with Gasteiger partial charge in [-0.2, -0.15) is 0 Å². The van der Waals surface area contributed by atoms with Crippen LogP contribution in [-0.4, -0.2) is 29.1 Å². The maximum Gasteiger partial charge on any atom is 0.236 e. The van der Waals surface area contributed by atoms with Crippen molar-refractivity contribution < 1.29 is 4.79 Å². The van der Waals surface area contributed by atoms with Crippen molar-refractivity contribution in [1.29, 1.82) is 0 Å². The number of rotatable bonds is 5. The summed E-state index contributed by atoms with van der Waals surface area (Å²) >= 11 is 7.56. The minimum Gasteiger partial charge on any atom is -0.342 e. The molecular formula is C17H24ClNOS. The number of carbonyl (C=O) groups is 1. The van der Waals surface area contributed by atoms with Gasteiger partial charge in [0.25, 0.3) is 0 Å². The van der Waals surface area contributed by atoms with Gasteiger partial charge >= 0.3 is 0 Å². The van der Waals surface area contributed by atoms with Crippen molar-refractivity contribution in [2.24, 2.45) is 0 Å². The van der Waals surface area contributed by atoms with Crippen molar-refractivity contribution in [2.75, 3.05) is 7.05 Å². The molecule has 0 heterocycles. The van der Waals surface area contributed by atoms with Gasteiger partial charge in [-0.25, -0.2) is 0 Å². The Morgan fingerprint density at radius 3 is 2.48 bits per heavy atom. The summed E-state index contributed by atoms with van der Waals surface area (Å²) in [5, 5.41) is 0.733. The fourth-order valence-corrected chi connectivity index (χ4v) is 4.04. The minimum absolute atomic E-state index is 0.00176. The standard InChI is InChI=1S/C17H24ClNOS/c1-3-16(21-15-11-9-13(18)10-12-15)17(20)19(2)14-7-5-4-6-8-14/h9-12,14,16H,3-8H2,1-2H3/t16-/m0/s1. The van der Waals surface area contributed by atoms with Crippen molar-refractivity contribution in [3.63, 3.8) is 0 Å². The zero-order chi connectivity index (χ0) is 15.2. The van der Waals surface area contributed by atoms with Gasteiger partial charge in [-0.3, -0.25) is 4.79 Å². The molecule has 0 saturated heterocycles. The second-order valence-electron chi connectivity index (χ2n) is 5.71. The Balaban J connectivity index is 1.98. The molecule has 0 N–H and O–H groups in total. The topological polar surface area (TPSA) is 20.3 Å². The van der Waals surface area contributed by atoms with Crippen molar-refractivity contribution >= 4 is 29.3 Å². The molecule has 21 heavy (non-hydrogen) atoms. The van der Waals surface area contributed by atoms with Gasteiger partial charge in [0, 0.05) is 23.0 Å². The SMILES string of the molecule is CC[C@H](Sc1ccc(Cl)cc1)C(=O)N(C)C1CCCCC1. The summed E-state index contributed by atoms with van der Waals surface area (Å²) in [7, 11) is 1.98. The van der Waals surface area contributed by atoms with Crippen molar-refractivity contribution in [3.05, 3.63) is 29.3 Å². The Hall–Kier alpha value is -0.670. The molecule has 2 rings (SSSR count). The van der Waals surface area contributed by atoms with E-state index in [0.29, 0.717) is 6.04 Å². The van der Waals surface area contributed by atoms with Crippen LogP contribution in [0.4, 0.5) is 0 Å². The summed E-state index contributed by atoms with van der Waals surface area (Å²) < 4.78 is 0. The van der Waals surface area contributed by atoms with Crippen LogP contribution in [0.25, 0.3) is 0 Å². The van der Waals surface area contributed by atoms with Crippen LogP contribution in [0.1, 0.15) is 45.4 Å². The van der Waals surface area contributed by atoms with Crippen molar-refractivity contribution in [3.8, 4) is 0 Å². The third kappa shape index (κ3) is 4.65. The molecule has 0 bridgehead atoms. The summed E-state index contributed by atoms with van der Waals surface area (Å²) in [6.45, 7) is 2.08. The smallest absolute Gasteiger partial charge is 0.236 e. The van der Waals surface area contributed by atoms with Gasteiger partial charge in [0.1, 0.15) is 0 Å². The largest absolute Gasteiger partial charge is 0.342 e. The first-order chi connectivity index (χ1) is 10.1. The lowest BCUT2D eigenvalue weighted by atomic mass is 9.94. The van der Waals surface area contributed by atoms with Crippen LogP contribution in [0, 0.1) is 0 Å². The number of hydrogen-bond donors (Lipinski definition) is 0. The van der Waals surface area contributed by atoms with Crippen LogP contribution in [0.5, 0.6) is 0 Å². The highest BCUT2D eigenvalue weighted by molar-refractivity contribution is 8.00. The molecule has 1 fully saturated rings. The maximum atomic E-state index is 12.7. The Morgan fingerprint density at radius 2 is 1.90 bits per heavy atom. The molecule has 0 unspecified atom stereocenters. The lowest BCUT2D eigenvalue weighted by Gasteiger charge is -2.33. The monoisotopic (exact) mass is 325 g/mol. The van der Waals surface area contributed by atoms with Crippen molar-refractivity contribution in [2.45, 2.75) is 61.6 Å². The van der Waals surface area contributed by atoms with E-state index < -0.39 is 0 Å². The van der Waals surface area contributed by atoms with E-state index >= 15 is 0 Å². The normalized spacial score (nSPS) is 17.5. The molecule has 1 aromatic rings. The first-order valence-electron chi connectivity index (χ1n) is 7.80. The summed E-state index contributed by atoms with van der Waals surface area (Å²) in [6.07, 6.45) is 6.99. The van der Waals surface area contributed by atoms with E-state index in [0.717, 1.165) is 29.2 Å². The predicted octanol–water partition coefficient (Wildman–Crippen LogP) is 5.00. The number of thioether (sulfide) groups is 1. The van der Waals surface area contributed by atoms with Crippen LogP contribution in [0.3, 0.4) is 0 Å². The first kappa shape index (κ1) is 16.7. The van der Waals surface area contributed by atoms with E-state index in [9.17, 15) is 4.79 Å². The highest BCUT2D eigenvalue weighted by Gasteiger charge is 2.27. The number of halogens is 1. The van der Waals surface area contributed by atoms with Gasteiger partial charge in [0.2, 0.25) is 5.91 Å². The number of amides is 1. The molecule has 1 saturated carbocycles. The van der Waals surface area contributed by atoms with Crippen LogP contribution >= 0.6 is 23.4 Å². The number of carbonyl (C=O) groups excluding carboxylic acids is 1. The summed E-state index contributed by atoms with van der Waals surface area (Å²) in [5.41, 5.74) is 0. The zero-order valence-corrected chi connectivity index (χ0v) is 14.4. The molecule has 116 valence electrons. The van der Waals surface area contributed by atoms with Gasteiger partial charge in [-0.05, 0) is 43.5 Å². The minimum atomic E-state index is -0.00176. The average Bonchev–Trinajstić information content (AvgIpc) is 2.54. The van der Waals surface area contributed by atoms with E-state index in [2.05, 4.69) is 6.92 Å². The van der Waals surface area contributed by atoms with E-state index in [1.54, 1.807) is 11.8 Å². The first-order valence-corrected chi connectivity index (χ1v) is 9.06. The second kappa shape index (κ2) is 8.09. The van der Waals surface area contributed by atoms with Gasteiger partial charge in [0.15, 0.2) is 0 Å². The van der Waals surface area contributed by atoms with E-state index in [-0.39, 0.29) is 11.2 Å². The summed E-state index contributed by atoms with van der Waals surface area (Å²) in [4.78, 5) is 15.8. The van der Waals surface area contributed by atoms with Gasteiger partial charge in [-0.15, -0.1) is 11.8 Å². The molecule has 1 atom stereocenters. The van der Waals surface area contributed by atoms with Gasteiger partial charge in [-0.1, -0.05) is 37.8 Å². The highest BCUT2D eigenvalue weighted by Crippen LogP contribution is 2.30. The van der Waals surface area contributed by atoms with Crippen LogP contribution in [0.15, 0.2) is 29.2 Å². The van der Waals surface area contributed by atoms with Gasteiger partial charge in [0.05, 0.1) is 5.25 Å². The van der Waals surface area contributed by atoms with Crippen LogP contribution in [0.2, 0.25) is 5.02 Å². The molecular weight excluding hydrogens is 302 g/mol. The Kier molecular flexibility index (Phi) is 6.43. The zero-order valence-electron chi connectivity index (χ0n) is 12.8. The molecule has 1 aliphatic rings. The van der Waals surface area contributed by atoms with E-state index in [1.165, 1.54) is 19.3 Å². The predicted molar refractivity (Wildman–Crippen MR) is 91.0 cm³/mol. The second-order valence-corrected chi connectivity index (χ2v) is 7.42. The maximum absolute atomic E-state index is 12.7. The molecule has 0 spiro atoms. The quantitative estimate of drug-likeness (QED) is 0.710. The Bertz CT molecular complexity index is 456. The fraction of sp³-hybridized carbons (Fsp3) is 0.588. The van der Waals surface area contributed by atoms with Crippen molar-refractivity contribution in [1.82, 2.24) is 4.90 Å². The Labute approximate surface area is 137 Å². The van der Waals surface area contributed by atoms with Gasteiger partial charge < -0.3 is 4.90 Å². The average molecular weight is 326 g/mol. The molecule has 2 nitrogen and oxygen atoms in total. The summed E-state index contributed by atoms with van der Waals surface area (Å²) in [6, 6.07) is 8.18. The lowest BCUT2D eigenvalue weighted by Crippen LogP contribution is -2.42. The molecule has 1 aromatic carbocycles. The van der Waals surface area contributed by atoms with E-state index in [4.69, 9.17) is 11.6 Å². The van der Waals surface area contributed by atoms with Crippen LogP contribution in [-0.2, 0) is 4.79 Å². The molecule has 0 radical (unpaired) electrons. The third-order valence-corrected chi connectivity index (χ3v) is 5.82. The number of benzene rings is 1. The molecule has 0 aliphatic heterocycles. The number of hydrogen-bond acceptors (Lipinski definition) is 2. The fourth-order valence-electron chi connectivity index (χ4n) is 2.86. The molecule has 4 heteroatoms. The molecule has 1 amide bonds. The molecule has 0 aromatic heterocycles. The molecule has 1 aliphatic carbocycles. The number of nitrogens with zero attached hydrogens (tertiary/aromatic N) is 1. The third-order valence-electron chi connectivity index (χ3n) is 4.21.